The molecule has 0 spiro atoms. The van der Waals surface area contributed by atoms with Gasteiger partial charge in [-0.3, -0.25) is 9.52 Å². The summed E-state index contributed by atoms with van der Waals surface area (Å²) in [6, 6.07) is 4.31. The monoisotopic (exact) mass is 395 g/mol. The summed E-state index contributed by atoms with van der Waals surface area (Å²) < 4.78 is 49.2. The lowest BCUT2D eigenvalue weighted by Gasteiger charge is -2.33. The Hall–Kier alpha value is -1.36. The minimum Gasteiger partial charge on any atom is -0.336 e. The van der Waals surface area contributed by atoms with Crippen LogP contribution in [0.1, 0.15) is 10.4 Å². The van der Waals surface area contributed by atoms with Gasteiger partial charge in [0.05, 0.1) is 23.2 Å². The molecule has 0 aromatic heterocycles. The van der Waals surface area contributed by atoms with Crippen molar-refractivity contribution in [2.45, 2.75) is 0 Å². The predicted octanol–water partition coefficient (Wildman–Crippen LogP) is 0.429. The van der Waals surface area contributed by atoms with Crippen molar-refractivity contribution in [1.82, 2.24) is 9.21 Å². The number of hydrogen-bond acceptors (Lipinski definition) is 5. The van der Waals surface area contributed by atoms with Crippen LogP contribution < -0.4 is 4.72 Å². The maximum atomic E-state index is 12.5. The lowest BCUT2D eigenvalue weighted by atomic mass is 10.1. The third-order valence-electron chi connectivity index (χ3n) is 3.50. The highest BCUT2D eigenvalue weighted by Crippen LogP contribution is 2.25. The Kier molecular flexibility index (Phi) is 5.43. The average Bonchev–Trinajstić information content (AvgIpc) is 2.47. The summed E-state index contributed by atoms with van der Waals surface area (Å²) in [6.07, 6.45) is 2.12. The molecule has 11 heteroatoms. The second-order valence-electron chi connectivity index (χ2n) is 5.52. The normalized spacial score (nSPS) is 16.9. The zero-order chi connectivity index (χ0) is 18.1. The largest absolute Gasteiger partial charge is 0.336 e. The van der Waals surface area contributed by atoms with Crippen molar-refractivity contribution in [2.75, 3.05) is 43.4 Å². The summed E-state index contributed by atoms with van der Waals surface area (Å²) in [5.41, 5.74) is 0.401. The van der Waals surface area contributed by atoms with E-state index in [1.54, 1.807) is 0 Å². The van der Waals surface area contributed by atoms with E-state index in [1.807, 2.05) is 0 Å². The molecule has 1 N–H and O–H groups in total. The molecule has 0 bridgehead atoms. The van der Waals surface area contributed by atoms with Gasteiger partial charge in [0, 0.05) is 31.7 Å². The van der Waals surface area contributed by atoms with E-state index in [-0.39, 0.29) is 48.4 Å². The lowest BCUT2D eigenvalue weighted by molar-refractivity contribution is 0.0698. The first-order valence-electron chi connectivity index (χ1n) is 6.99. The molecule has 1 aromatic carbocycles. The molecule has 0 unspecified atom stereocenters. The number of anilines is 1. The van der Waals surface area contributed by atoms with Crippen LogP contribution in [-0.4, -0.2) is 70.6 Å². The Morgan fingerprint density at radius 1 is 1.08 bits per heavy atom. The Labute approximate surface area is 146 Å². The predicted molar refractivity (Wildman–Crippen MR) is 92.2 cm³/mol. The summed E-state index contributed by atoms with van der Waals surface area (Å²) >= 11 is 5.94. The number of benzene rings is 1. The van der Waals surface area contributed by atoms with E-state index in [9.17, 15) is 21.6 Å². The maximum Gasteiger partial charge on any atom is 0.254 e. The van der Waals surface area contributed by atoms with Crippen molar-refractivity contribution in [3.63, 3.8) is 0 Å². The molecule has 24 heavy (non-hydrogen) atoms. The van der Waals surface area contributed by atoms with E-state index in [2.05, 4.69) is 4.72 Å². The van der Waals surface area contributed by atoms with Crippen molar-refractivity contribution >= 4 is 43.2 Å². The fourth-order valence-corrected chi connectivity index (χ4v) is 3.96. The summed E-state index contributed by atoms with van der Waals surface area (Å²) in [7, 11) is -6.79. The second-order valence-corrected chi connectivity index (χ2v) is 9.66. The van der Waals surface area contributed by atoms with E-state index in [0.717, 1.165) is 12.5 Å². The van der Waals surface area contributed by atoms with Crippen LogP contribution in [0.4, 0.5) is 5.69 Å². The van der Waals surface area contributed by atoms with Gasteiger partial charge in [-0.05, 0) is 18.2 Å². The van der Waals surface area contributed by atoms with Crippen LogP contribution in [0.15, 0.2) is 18.2 Å². The highest BCUT2D eigenvalue weighted by atomic mass is 35.5. The number of amides is 1. The number of nitrogens with one attached hydrogen (secondary N) is 1. The van der Waals surface area contributed by atoms with Crippen LogP contribution in [0, 0.1) is 0 Å². The number of carbonyl (C=O) groups is 1. The molecule has 1 aromatic rings. The number of rotatable bonds is 4. The first-order chi connectivity index (χ1) is 11.0. The molecule has 1 aliphatic rings. The fraction of sp³-hybridized carbons (Fsp3) is 0.462. The lowest BCUT2D eigenvalue weighted by Crippen LogP contribution is -2.50. The van der Waals surface area contributed by atoms with Crippen molar-refractivity contribution in [2.24, 2.45) is 0 Å². The zero-order valence-electron chi connectivity index (χ0n) is 13.2. The first-order valence-corrected chi connectivity index (χ1v) is 11.1. The number of hydrogen-bond donors (Lipinski definition) is 1. The van der Waals surface area contributed by atoms with Gasteiger partial charge in [0.15, 0.2) is 0 Å². The molecule has 1 saturated heterocycles. The van der Waals surface area contributed by atoms with Gasteiger partial charge in [-0.1, -0.05) is 11.6 Å². The molecular formula is C13H18ClN3O5S2. The quantitative estimate of drug-likeness (QED) is 0.796. The molecule has 134 valence electrons. The SMILES string of the molecule is CS(=O)(=O)Nc1cc(C(=O)N2CCN(S(C)(=O)=O)CC2)ccc1Cl. The number of halogens is 1. The van der Waals surface area contributed by atoms with Gasteiger partial charge in [0.1, 0.15) is 0 Å². The van der Waals surface area contributed by atoms with Gasteiger partial charge < -0.3 is 4.90 Å². The molecule has 1 fully saturated rings. The summed E-state index contributed by atoms with van der Waals surface area (Å²) in [4.78, 5) is 14.0. The number of nitrogens with zero attached hydrogens (tertiary/aromatic N) is 2. The van der Waals surface area contributed by atoms with Crippen LogP contribution in [-0.2, 0) is 20.0 Å². The van der Waals surface area contributed by atoms with E-state index in [0.29, 0.717) is 0 Å². The van der Waals surface area contributed by atoms with Crippen molar-refractivity contribution in [3.05, 3.63) is 28.8 Å². The van der Waals surface area contributed by atoms with Gasteiger partial charge in [-0.2, -0.15) is 4.31 Å². The van der Waals surface area contributed by atoms with E-state index >= 15 is 0 Å². The Morgan fingerprint density at radius 2 is 1.67 bits per heavy atom. The van der Waals surface area contributed by atoms with Gasteiger partial charge in [0.25, 0.3) is 5.91 Å². The molecule has 0 aliphatic carbocycles. The standard InChI is InChI=1S/C13H18ClN3O5S2/c1-23(19,20)15-12-9-10(3-4-11(12)14)13(18)16-5-7-17(8-6-16)24(2,21)22/h3-4,9,15H,5-8H2,1-2H3. The summed E-state index contributed by atoms with van der Waals surface area (Å²) in [5.74, 6) is -0.309. The van der Waals surface area contributed by atoms with Gasteiger partial charge in [0.2, 0.25) is 20.0 Å². The van der Waals surface area contributed by atoms with Crippen LogP contribution in [0.2, 0.25) is 5.02 Å². The topological polar surface area (TPSA) is 104 Å². The van der Waals surface area contributed by atoms with Crippen LogP contribution in [0.25, 0.3) is 0 Å². The number of piperazine rings is 1. The van der Waals surface area contributed by atoms with Crippen molar-refractivity contribution in [1.29, 1.82) is 0 Å². The molecule has 0 radical (unpaired) electrons. The third-order valence-corrected chi connectivity index (χ3v) is 5.73. The first kappa shape index (κ1) is 19.0. The number of carbonyl (C=O) groups excluding carboxylic acids is 1. The molecule has 2 rings (SSSR count). The Bertz CT molecular complexity index is 846. The van der Waals surface area contributed by atoms with Gasteiger partial charge >= 0.3 is 0 Å². The highest BCUT2D eigenvalue weighted by Gasteiger charge is 2.27. The molecule has 0 atom stereocenters. The molecule has 0 saturated carbocycles. The molecule has 8 nitrogen and oxygen atoms in total. The van der Waals surface area contributed by atoms with Crippen molar-refractivity contribution < 1.29 is 21.6 Å². The van der Waals surface area contributed by atoms with E-state index in [4.69, 9.17) is 11.6 Å². The van der Waals surface area contributed by atoms with E-state index < -0.39 is 20.0 Å². The zero-order valence-corrected chi connectivity index (χ0v) is 15.6. The number of sulfonamides is 2. The van der Waals surface area contributed by atoms with Crippen LogP contribution in [0.3, 0.4) is 0 Å². The molecule has 1 heterocycles. The molecular weight excluding hydrogens is 378 g/mol. The Balaban J connectivity index is 2.15. The molecule has 1 amide bonds. The Morgan fingerprint density at radius 3 is 2.17 bits per heavy atom. The maximum absolute atomic E-state index is 12.5. The van der Waals surface area contributed by atoms with Crippen LogP contribution in [0.5, 0.6) is 0 Å². The highest BCUT2D eigenvalue weighted by molar-refractivity contribution is 7.92. The fourth-order valence-electron chi connectivity index (χ4n) is 2.34. The average molecular weight is 396 g/mol. The van der Waals surface area contributed by atoms with Gasteiger partial charge in [-0.25, -0.2) is 16.8 Å². The minimum absolute atomic E-state index is 0.125. The van der Waals surface area contributed by atoms with Crippen molar-refractivity contribution in [3.8, 4) is 0 Å². The minimum atomic E-state index is -3.52. The summed E-state index contributed by atoms with van der Waals surface area (Å²) in [6.45, 7) is 0.992. The smallest absolute Gasteiger partial charge is 0.254 e. The van der Waals surface area contributed by atoms with Crippen LogP contribution >= 0.6 is 11.6 Å². The van der Waals surface area contributed by atoms with E-state index in [1.165, 1.54) is 27.4 Å². The molecule has 1 aliphatic heterocycles. The van der Waals surface area contributed by atoms with Gasteiger partial charge in [-0.15, -0.1) is 0 Å². The summed E-state index contributed by atoms with van der Waals surface area (Å²) in [5, 5.41) is 0.180. The third kappa shape index (κ3) is 4.82. The second kappa shape index (κ2) is 6.87.